The molecule has 14 heavy (non-hydrogen) atoms. The lowest BCUT2D eigenvalue weighted by Gasteiger charge is -2.24. The molecule has 0 saturated carbocycles. The number of thioether (sulfide) groups is 1. The van der Waals surface area contributed by atoms with E-state index in [1.54, 1.807) is 11.8 Å². The van der Waals surface area contributed by atoms with Crippen molar-refractivity contribution in [2.75, 3.05) is 19.0 Å². The third-order valence-electron chi connectivity index (χ3n) is 2.15. The number of hydrogen-bond acceptors (Lipinski definition) is 3. The summed E-state index contributed by atoms with van der Waals surface area (Å²) < 4.78 is 5.04. The van der Waals surface area contributed by atoms with Crippen molar-refractivity contribution in [1.29, 1.82) is 0 Å². The van der Waals surface area contributed by atoms with Crippen molar-refractivity contribution >= 4 is 17.5 Å². The molecule has 74 valence electrons. The SMILES string of the molecule is O=C(CSC1COC1)c1ccccc1. The Balaban J connectivity index is 1.83. The van der Waals surface area contributed by atoms with E-state index in [0.29, 0.717) is 11.0 Å². The molecule has 0 radical (unpaired) electrons. The molecule has 1 heterocycles. The molecule has 1 fully saturated rings. The average molecular weight is 208 g/mol. The van der Waals surface area contributed by atoms with Gasteiger partial charge in [-0.3, -0.25) is 4.79 Å². The van der Waals surface area contributed by atoms with Crippen LogP contribution in [0, 0.1) is 0 Å². The van der Waals surface area contributed by atoms with Gasteiger partial charge in [-0.2, -0.15) is 0 Å². The van der Waals surface area contributed by atoms with Crippen LogP contribution >= 0.6 is 11.8 Å². The summed E-state index contributed by atoms with van der Waals surface area (Å²) in [5.74, 6) is 0.778. The molecule has 1 aliphatic heterocycles. The van der Waals surface area contributed by atoms with Crippen LogP contribution in [-0.4, -0.2) is 30.0 Å². The number of benzene rings is 1. The highest BCUT2D eigenvalue weighted by atomic mass is 32.2. The predicted molar refractivity (Wildman–Crippen MR) is 57.8 cm³/mol. The molecular formula is C11H12O2S. The molecular weight excluding hydrogens is 196 g/mol. The van der Waals surface area contributed by atoms with E-state index in [9.17, 15) is 4.79 Å². The van der Waals surface area contributed by atoms with Gasteiger partial charge in [-0.25, -0.2) is 0 Å². The zero-order valence-electron chi connectivity index (χ0n) is 7.81. The second-order valence-electron chi connectivity index (χ2n) is 3.26. The summed E-state index contributed by atoms with van der Waals surface area (Å²) in [6, 6.07) is 9.43. The lowest BCUT2D eigenvalue weighted by molar-refractivity contribution is 0.0455. The van der Waals surface area contributed by atoms with E-state index in [0.717, 1.165) is 18.8 Å². The second-order valence-corrected chi connectivity index (χ2v) is 4.55. The van der Waals surface area contributed by atoms with Gasteiger partial charge in [-0.1, -0.05) is 30.3 Å². The van der Waals surface area contributed by atoms with E-state index < -0.39 is 0 Å². The first kappa shape index (κ1) is 9.74. The summed E-state index contributed by atoms with van der Waals surface area (Å²) in [4.78, 5) is 11.6. The molecule has 0 spiro atoms. The molecule has 2 nitrogen and oxygen atoms in total. The van der Waals surface area contributed by atoms with Crippen LogP contribution in [0.15, 0.2) is 30.3 Å². The van der Waals surface area contributed by atoms with Crippen molar-refractivity contribution in [3.8, 4) is 0 Å². The molecule has 1 saturated heterocycles. The van der Waals surface area contributed by atoms with Crippen molar-refractivity contribution in [3.05, 3.63) is 35.9 Å². The zero-order chi connectivity index (χ0) is 9.80. The minimum absolute atomic E-state index is 0.211. The van der Waals surface area contributed by atoms with Gasteiger partial charge in [0.25, 0.3) is 0 Å². The Bertz CT molecular complexity index is 306. The molecule has 1 aliphatic rings. The van der Waals surface area contributed by atoms with Gasteiger partial charge in [0.05, 0.1) is 24.2 Å². The van der Waals surface area contributed by atoms with Gasteiger partial charge < -0.3 is 4.74 Å². The van der Waals surface area contributed by atoms with Gasteiger partial charge in [-0.05, 0) is 0 Å². The van der Waals surface area contributed by atoms with Crippen molar-refractivity contribution in [2.24, 2.45) is 0 Å². The van der Waals surface area contributed by atoms with Crippen LogP contribution in [0.4, 0.5) is 0 Å². The quantitative estimate of drug-likeness (QED) is 0.708. The average Bonchev–Trinajstić information content (AvgIpc) is 2.16. The van der Waals surface area contributed by atoms with Gasteiger partial charge in [-0.15, -0.1) is 11.8 Å². The molecule has 0 aliphatic carbocycles. The summed E-state index contributed by atoms with van der Waals surface area (Å²) in [7, 11) is 0. The fraction of sp³-hybridized carbons (Fsp3) is 0.364. The van der Waals surface area contributed by atoms with Crippen LogP contribution in [0.3, 0.4) is 0 Å². The van der Waals surface area contributed by atoms with Gasteiger partial charge in [0.1, 0.15) is 0 Å². The van der Waals surface area contributed by atoms with E-state index in [1.165, 1.54) is 0 Å². The first-order valence-corrected chi connectivity index (χ1v) is 5.69. The third kappa shape index (κ3) is 2.36. The molecule has 1 aromatic carbocycles. The standard InChI is InChI=1S/C11H12O2S/c12-11(8-14-10-6-13-7-10)9-4-2-1-3-5-9/h1-5,10H,6-8H2. The summed E-state index contributed by atoms with van der Waals surface area (Å²) in [6.07, 6.45) is 0. The highest BCUT2D eigenvalue weighted by molar-refractivity contribution is 8.00. The number of ether oxygens (including phenoxy) is 1. The number of rotatable bonds is 4. The minimum atomic E-state index is 0.211. The van der Waals surface area contributed by atoms with Crippen LogP contribution < -0.4 is 0 Å². The largest absolute Gasteiger partial charge is 0.379 e. The molecule has 3 heteroatoms. The molecule has 0 bridgehead atoms. The lowest BCUT2D eigenvalue weighted by atomic mass is 10.2. The van der Waals surface area contributed by atoms with Crippen molar-refractivity contribution in [3.63, 3.8) is 0 Å². The molecule has 0 aromatic heterocycles. The number of hydrogen-bond donors (Lipinski definition) is 0. The number of carbonyl (C=O) groups is 1. The Hall–Kier alpha value is -0.800. The Morgan fingerprint density at radius 2 is 2.07 bits per heavy atom. The predicted octanol–water partition coefficient (Wildman–Crippen LogP) is 2.00. The molecule has 0 amide bonds. The normalized spacial score (nSPS) is 16.3. The van der Waals surface area contributed by atoms with Crippen LogP contribution in [0.25, 0.3) is 0 Å². The maximum Gasteiger partial charge on any atom is 0.172 e. The number of carbonyl (C=O) groups excluding carboxylic acids is 1. The molecule has 2 rings (SSSR count). The topological polar surface area (TPSA) is 26.3 Å². The van der Waals surface area contributed by atoms with Crippen molar-refractivity contribution in [1.82, 2.24) is 0 Å². The van der Waals surface area contributed by atoms with Crippen LogP contribution in [0.1, 0.15) is 10.4 Å². The molecule has 0 unspecified atom stereocenters. The van der Waals surface area contributed by atoms with E-state index in [-0.39, 0.29) is 5.78 Å². The van der Waals surface area contributed by atoms with Crippen LogP contribution in [-0.2, 0) is 4.74 Å². The Morgan fingerprint density at radius 3 is 2.64 bits per heavy atom. The van der Waals surface area contributed by atoms with E-state index in [1.807, 2.05) is 30.3 Å². The van der Waals surface area contributed by atoms with Gasteiger partial charge >= 0.3 is 0 Å². The van der Waals surface area contributed by atoms with E-state index >= 15 is 0 Å². The Labute approximate surface area is 87.6 Å². The van der Waals surface area contributed by atoms with Gasteiger partial charge in [0.2, 0.25) is 0 Å². The molecule has 0 atom stereocenters. The molecule has 0 N–H and O–H groups in total. The minimum Gasteiger partial charge on any atom is -0.379 e. The first-order valence-electron chi connectivity index (χ1n) is 4.64. The Kier molecular flexibility index (Phi) is 3.22. The number of Topliss-reactive ketones (excluding diaryl/α,β-unsaturated/α-hetero) is 1. The van der Waals surface area contributed by atoms with E-state index in [4.69, 9.17) is 4.74 Å². The van der Waals surface area contributed by atoms with Gasteiger partial charge in [0, 0.05) is 5.56 Å². The van der Waals surface area contributed by atoms with Crippen LogP contribution in [0.2, 0.25) is 0 Å². The summed E-state index contributed by atoms with van der Waals surface area (Å²) in [5, 5.41) is 0.530. The highest BCUT2D eigenvalue weighted by Gasteiger charge is 2.19. The fourth-order valence-electron chi connectivity index (χ4n) is 1.21. The summed E-state index contributed by atoms with van der Waals surface area (Å²) in [6.45, 7) is 1.60. The number of ketones is 1. The summed E-state index contributed by atoms with van der Waals surface area (Å²) in [5.41, 5.74) is 0.806. The second kappa shape index (κ2) is 4.62. The van der Waals surface area contributed by atoms with Crippen LogP contribution in [0.5, 0.6) is 0 Å². The molecule has 1 aromatic rings. The Morgan fingerprint density at radius 1 is 1.36 bits per heavy atom. The smallest absolute Gasteiger partial charge is 0.172 e. The lowest BCUT2D eigenvalue weighted by Crippen LogP contribution is -2.31. The highest BCUT2D eigenvalue weighted by Crippen LogP contribution is 2.19. The monoisotopic (exact) mass is 208 g/mol. The van der Waals surface area contributed by atoms with Crippen molar-refractivity contribution in [2.45, 2.75) is 5.25 Å². The first-order chi connectivity index (χ1) is 6.86. The third-order valence-corrected chi connectivity index (χ3v) is 3.33. The summed E-state index contributed by atoms with van der Waals surface area (Å²) >= 11 is 1.69. The van der Waals surface area contributed by atoms with Crippen molar-refractivity contribution < 1.29 is 9.53 Å². The van der Waals surface area contributed by atoms with Gasteiger partial charge in [0.15, 0.2) is 5.78 Å². The zero-order valence-corrected chi connectivity index (χ0v) is 8.63. The van der Waals surface area contributed by atoms with E-state index in [2.05, 4.69) is 0 Å². The maximum absolute atomic E-state index is 11.6. The maximum atomic E-state index is 11.6. The fourth-order valence-corrected chi connectivity index (χ4v) is 2.15.